The second kappa shape index (κ2) is 10.5. The van der Waals surface area contributed by atoms with Gasteiger partial charge in [-0.25, -0.2) is 0 Å². The minimum atomic E-state index is -0.181. The lowest BCUT2D eigenvalue weighted by Gasteiger charge is -2.11. The predicted octanol–water partition coefficient (Wildman–Crippen LogP) is 5.28. The van der Waals surface area contributed by atoms with Crippen LogP contribution in [0.15, 0.2) is 42.5 Å². The molecule has 0 saturated heterocycles. The lowest BCUT2D eigenvalue weighted by molar-refractivity contribution is -0.118. The lowest BCUT2D eigenvalue weighted by atomic mass is 10.1. The maximum atomic E-state index is 12.1. The van der Waals surface area contributed by atoms with Crippen molar-refractivity contribution in [3.05, 3.63) is 53.6 Å². The zero-order valence-corrected chi connectivity index (χ0v) is 16.0. The van der Waals surface area contributed by atoms with Crippen LogP contribution in [0, 0.1) is 13.8 Å². The van der Waals surface area contributed by atoms with E-state index in [0.717, 1.165) is 41.3 Å². The summed E-state index contributed by atoms with van der Waals surface area (Å²) in [5.41, 5.74) is 2.94. The molecule has 2 rings (SSSR count). The highest BCUT2D eigenvalue weighted by Crippen LogP contribution is 2.21. The molecule has 0 atom stereocenters. The summed E-state index contributed by atoms with van der Waals surface area (Å²) in [7, 11) is 0. The summed E-state index contributed by atoms with van der Waals surface area (Å²) < 4.78 is 11.3. The van der Waals surface area contributed by atoms with Crippen molar-refractivity contribution in [2.24, 2.45) is 0 Å². The smallest absolute Gasteiger partial charge is 0.262 e. The second-order valence-corrected chi connectivity index (χ2v) is 6.47. The summed E-state index contributed by atoms with van der Waals surface area (Å²) in [5.74, 6) is 1.39. The van der Waals surface area contributed by atoms with Gasteiger partial charge in [-0.2, -0.15) is 0 Å². The first-order valence-electron chi connectivity index (χ1n) is 9.32. The van der Waals surface area contributed by atoms with Crippen molar-refractivity contribution >= 4 is 11.6 Å². The van der Waals surface area contributed by atoms with E-state index in [1.807, 2.05) is 56.3 Å². The van der Waals surface area contributed by atoms with E-state index >= 15 is 0 Å². The number of anilines is 1. The van der Waals surface area contributed by atoms with E-state index in [0.29, 0.717) is 0 Å². The fourth-order valence-corrected chi connectivity index (χ4v) is 2.57. The molecule has 140 valence electrons. The van der Waals surface area contributed by atoms with E-state index in [4.69, 9.17) is 9.47 Å². The van der Waals surface area contributed by atoms with E-state index in [1.54, 1.807) is 0 Å². The maximum absolute atomic E-state index is 12.1. The van der Waals surface area contributed by atoms with Gasteiger partial charge >= 0.3 is 0 Å². The van der Waals surface area contributed by atoms with Crippen molar-refractivity contribution in [1.82, 2.24) is 0 Å². The lowest BCUT2D eigenvalue weighted by Crippen LogP contribution is -2.20. The third-order valence-corrected chi connectivity index (χ3v) is 4.32. The summed E-state index contributed by atoms with van der Waals surface area (Å²) >= 11 is 0. The van der Waals surface area contributed by atoms with Crippen LogP contribution in [0.4, 0.5) is 5.69 Å². The zero-order chi connectivity index (χ0) is 18.8. The van der Waals surface area contributed by atoms with Crippen LogP contribution in [0.5, 0.6) is 11.5 Å². The molecule has 0 fully saturated rings. The molecule has 2 aromatic rings. The number of rotatable bonds is 10. The zero-order valence-electron chi connectivity index (χ0n) is 16.0. The Labute approximate surface area is 156 Å². The fourth-order valence-electron chi connectivity index (χ4n) is 2.57. The summed E-state index contributed by atoms with van der Waals surface area (Å²) in [6.45, 7) is 6.93. The van der Waals surface area contributed by atoms with Gasteiger partial charge in [0.15, 0.2) is 6.61 Å². The van der Waals surface area contributed by atoms with Gasteiger partial charge in [-0.05, 0) is 61.7 Å². The average molecular weight is 355 g/mol. The van der Waals surface area contributed by atoms with Gasteiger partial charge in [0.25, 0.3) is 5.91 Å². The molecule has 1 amide bonds. The molecule has 0 aromatic heterocycles. The quantitative estimate of drug-likeness (QED) is 0.590. The van der Waals surface area contributed by atoms with Crippen LogP contribution in [-0.2, 0) is 4.79 Å². The third kappa shape index (κ3) is 6.43. The molecule has 0 unspecified atom stereocenters. The van der Waals surface area contributed by atoms with Crippen LogP contribution in [0.2, 0.25) is 0 Å². The molecule has 0 aliphatic rings. The Morgan fingerprint density at radius 1 is 0.962 bits per heavy atom. The maximum Gasteiger partial charge on any atom is 0.262 e. The summed E-state index contributed by atoms with van der Waals surface area (Å²) in [6.07, 6.45) is 4.74. The monoisotopic (exact) mass is 355 g/mol. The standard InChI is InChI=1S/C22H29NO3/c1-4-5-6-7-15-25-20-13-11-19(12-14-20)23-22(24)16-26-21-10-8-9-17(2)18(21)3/h8-14H,4-7,15-16H2,1-3H3,(H,23,24). The highest BCUT2D eigenvalue weighted by molar-refractivity contribution is 5.91. The first-order chi connectivity index (χ1) is 12.6. The summed E-state index contributed by atoms with van der Waals surface area (Å²) in [6, 6.07) is 13.3. The molecule has 1 N–H and O–H groups in total. The molecule has 0 radical (unpaired) electrons. The Balaban J connectivity index is 1.75. The Kier molecular flexibility index (Phi) is 8.00. The average Bonchev–Trinajstić information content (AvgIpc) is 2.64. The molecule has 4 heteroatoms. The summed E-state index contributed by atoms with van der Waals surface area (Å²) in [4.78, 5) is 12.1. The Bertz CT molecular complexity index is 695. The number of amides is 1. The van der Waals surface area contributed by atoms with E-state index in [1.165, 1.54) is 19.3 Å². The molecule has 0 spiro atoms. The number of unbranched alkanes of at least 4 members (excludes halogenated alkanes) is 3. The minimum Gasteiger partial charge on any atom is -0.494 e. The molecule has 0 aliphatic carbocycles. The molecule has 0 bridgehead atoms. The largest absolute Gasteiger partial charge is 0.494 e. The molecule has 0 saturated carbocycles. The number of benzene rings is 2. The number of carbonyl (C=O) groups is 1. The van der Waals surface area contributed by atoms with Gasteiger partial charge in [-0.3, -0.25) is 4.79 Å². The van der Waals surface area contributed by atoms with E-state index in [9.17, 15) is 4.79 Å². The number of carbonyl (C=O) groups excluding carboxylic acids is 1. The van der Waals surface area contributed by atoms with Crippen molar-refractivity contribution in [3.63, 3.8) is 0 Å². The highest BCUT2D eigenvalue weighted by atomic mass is 16.5. The van der Waals surface area contributed by atoms with Gasteiger partial charge in [-0.15, -0.1) is 0 Å². The molecule has 0 aliphatic heterocycles. The third-order valence-electron chi connectivity index (χ3n) is 4.32. The molecule has 4 nitrogen and oxygen atoms in total. The highest BCUT2D eigenvalue weighted by Gasteiger charge is 2.07. The predicted molar refractivity (Wildman–Crippen MR) is 106 cm³/mol. The first kappa shape index (κ1) is 19.8. The van der Waals surface area contributed by atoms with Gasteiger partial charge < -0.3 is 14.8 Å². The van der Waals surface area contributed by atoms with E-state index in [-0.39, 0.29) is 12.5 Å². The van der Waals surface area contributed by atoms with E-state index < -0.39 is 0 Å². The molecule has 26 heavy (non-hydrogen) atoms. The first-order valence-corrected chi connectivity index (χ1v) is 9.32. The van der Waals surface area contributed by atoms with E-state index in [2.05, 4.69) is 12.2 Å². The van der Waals surface area contributed by atoms with Gasteiger partial charge in [0.1, 0.15) is 11.5 Å². The van der Waals surface area contributed by atoms with Gasteiger partial charge in [-0.1, -0.05) is 38.3 Å². The molecular weight excluding hydrogens is 326 g/mol. The number of aryl methyl sites for hydroxylation is 1. The van der Waals surface area contributed by atoms with Crippen molar-refractivity contribution in [3.8, 4) is 11.5 Å². The number of hydrogen-bond donors (Lipinski definition) is 1. The van der Waals surface area contributed by atoms with Gasteiger partial charge in [0.2, 0.25) is 0 Å². The van der Waals surface area contributed by atoms with Gasteiger partial charge in [0.05, 0.1) is 6.61 Å². The van der Waals surface area contributed by atoms with Gasteiger partial charge in [0, 0.05) is 5.69 Å². The second-order valence-electron chi connectivity index (χ2n) is 6.47. The molecule has 0 heterocycles. The summed E-state index contributed by atoms with van der Waals surface area (Å²) in [5, 5.41) is 2.84. The van der Waals surface area contributed by atoms with Crippen LogP contribution in [-0.4, -0.2) is 19.1 Å². The number of ether oxygens (including phenoxy) is 2. The molecule has 2 aromatic carbocycles. The van der Waals surface area contributed by atoms with Crippen LogP contribution >= 0.6 is 0 Å². The normalized spacial score (nSPS) is 10.4. The van der Waals surface area contributed by atoms with Crippen molar-refractivity contribution in [2.45, 2.75) is 46.5 Å². The topological polar surface area (TPSA) is 47.6 Å². The van der Waals surface area contributed by atoms with Crippen molar-refractivity contribution < 1.29 is 14.3 Å². The number of hydrogen-bond acceptors (Lipinski definition) is 3. The number of nitrogens with one attached hydrogen (secondary N) is 1. The van der Waals surface area contributed by atoms with Crippen molar-refractivity contribution in [1.29, 1.82) is 0 Å². The minimum absolute atomic E-state index is 0.0139. The Hall–Kier alpha value is -2.49. The Morgan fingerprint density at radius 2 is 1.73 bits per heavy atom. The van der Waals surface area contributed by atoms with Crippen LogP contribution in [0.3, 0.4) is 0 Å². The SMILES string of the molecule is CCCCCCOc1ccc(NC(=O)COc2cccc(C)c2C)cc1. The Morgan fingerprint density at radius 3 is 2.46 bits per heavy atom. The van der Waals surface area contributed by atoms with Crippen LogP contribution in [0.25, 0.3) is 0 Å². The molecular formula is C22H29NO3. The van der Waals surface area contributed by atoms with Crippen LogP contribution in [0.1, 0.15) is 43.7 Å². The fraction of sp³-hybridized carbons (Fsp3) is 0.409. The van der Waals surface area contributed by atoms with Crippen molar-refractivity contribution in [2.75, 3.05) is 18.5 Å². The van der Waals surface area contributed by atoms with Crippen LogP contribution < -0.4 is 14.8 Å².